The third-order valence-electron chi connectivity index (χ3n) is 7.68. The molecule has 0 spiro atoms. The summed E-state index contributed by atoms with van der Waals surface area (Å²) in [5.41, 5.74) is 2.19. The van der Waals surface area contributed by atoms with Crippen molar-refractivity contribution in [1.82, 2.24) is 37.2 Å². The SMILES string of the molecule is CCCC12CNCCNCC(NCc3ccc(CC(=O)/C=C/C(C)=O)cc3)(CNCCNC1)CNCCNC2. The number of rotatable bonds is 9. The standard InChI is InChI=1S/C30H51N7O2/c1-3-10-29-19-31-11-14-34-22-30(23-35-15-12-32-20-29,24-36-16-13-33-21-29)37-18-27-7-5-26(6-8-27)17-28(39)9-4-25(2)38/h4-9,31-37H,3,10-24H2,1-2H3/b9-4+. The van der Waals surface area contributed by atoms with Crippen molar-refractivity contribution < 1.29 is 9.59 Å². The molecule has 3 saturated heterocycles. The molecule has 0 amide bonds. The number of fused-ring (bicyclic) bond motifs is 15. The first-order chi connectivity index (χ1) is 18.9. The van der Waals surface area contributed by atoms with Crippen LogP contribution < -0.4 is 37.2 Å². The molecular weight excluding hydrogens is 490 g/mol. The highest BCUT2D eigenvalue weighted by Gasteiger charge is 2.31. The third-order valence-corrected chi connectivity index (χ3v) is 7.68. The van der Waals surface area contributed by atoms with Crippen molar-refractivity contribution in [2.75, 3.05) is 78.5 Å². The topological polar surface area (TPSA) is 118 Å². The minimum Gasteiger partial charge on any atom is -0.315 e. The predicted molar refractivity (Wildman–Crippen MR) is 159 cm³/mol. The van der Waals surface area contributed by atoms with Gasteiger partial charge < -0.3 is 37.2 Å². The predicted octanol–water partition coefficient (Wildman–Crippen LogP) is 0.123. The first-order valence-corrected chi connectivity index (χ1v) is 14.7. The Labute approximate surface area is 235 Å². The molecule has 1 aromatic rings. The maximum Gasteiger partial charge on any atom is 0.160 e. The van der Waals surface area contributed by atoms with E-state index in [9.17, 15) is 9.59 Å². The van der Waals surface area contributed by atoms with E-state index in [0.717, 1.165) is 90.6 Å². The molecule has 218 valence electrons. The molecule has 0 atom stereocenters. The molecule has 2 bridgehead atoms. The van der Waals surface area contributed by atoms with Crippen molar-refractivity contribution in [1.29, 1.82) is 0 Å². The summed E-state index contributed by atoms with van der Waals surface area (Å²) in [4.78, 5) is 23.2. The van der Waals surface area contributed by atoms with Crippen LogP contribution in [0.3, 0.4) is 0 Å². The lowest BCUT2D eigenvalue weighted by Gasteiger charge is -2.38. The molecule has 3 aliphatic heterocycles. The minimum atomic E-state index is -0.160. The van der Waals surface area contributed by atoms with Gasteiger partial charge in [-0.1, -0.05) is 37.6 Å². The smallest absolute Gasteiger partial charge is 0.160 e. The van der Waals surface area contributed by atoms with E-state index in [-0.39, 0.29) is 22.5 Å². The van der Waals surface area contributed by atoms with E-state index in [0.29, 0.717) is 6.42 Å². The lowest BCUT2D eigenvalue weighted by Crippen LogP contribution is -2.64. The number of ketones is 2. The van der Waals surface area contributed by atoms with Gasteiger partial charge in [0.05, 0.1) is 5.54 Å². The summed E-state index contributed by atoms with van der Waals surface area (Å²) in [7, 11) is 0. The second kappa shape index (κ2) is 17.0. The second-order valence-corrected chi connectivity index (χ2v) is 11.3. The summed E-state index contributed by atoms with van der Waals surface area (Å²) in [6, 6.07) is 8.18. The Hall–Kier alpha value is -1.98. The zero-order valence-electron chi connectivity index (χ0n) is 24.1. The zero-order valence-corrected chi connectivity index (χ0v) is 24.1. The van der Waals surface area contributed by atoms with E-state index in [1.165, 1.54) is 37.5 Å². The first kappa shape index (κ1) is 31.5. The average molecular weight is 542 g/mol. The van der Waals surface area contributed by atoms with Crippen molar-refractivity contribution >= 4 is 11.6 Å². The molecule has 3 heterocycles. The highest BCUT2D eigenvalue weighted by molar-refractivity contribution is 5.98. The molecule has 9 nitrogen and oxygen atoms in total. The summed E-state index contributed by atoms with van der Waals surface area (Å²) in [5.74, 6) is -0.178. The number of benzene rings is 1. The van der Waals surface area contributed by atoms with Gasteiger partial charge in [0.1, 0.15) is 0 Å². The minimum absolute atomic E-state index is 0.0628. The second-order valence-electron chi connectivity index (χ2n) is 11.3. The Morgan fingerprint density at radius 1 is 0.744 bits per heavy atom. The number of nitrogens with one attached hydrogen (secondary N) is 7. The Bertz CT molecular complexity index is 860. The van der Waals surface area contributed by atoms with Crippen LogP contribution in [0.1, 0.15) is 37.8 Å². The summed E-state index contributed by atoms with van der Waals surface area (Å²) >= 11 is 0. The van der Waals surface area contributed by atoms with Crippen LogP contribution in [-0.2, 0) is 22.6 Å². The van der Waals surface area contributed by atoms with Gasteiger partial charge in [0.25, 0.3) is 0 Å². The van der Waals surface area contributed by atoms with Crippen molar-refractivity contribution in [3.8, 4) is 0 Å². The Morgan fingerprint density at radius 2 is 1.21 bits per heavy atom. The number of allylic oxidation sites excluding steroid dienone is 2. The van der Waals surface area contributed by atoms with Gasteiger partial charge >= 0.3 is 0 Å². The fraction of sp³-hybridized carbons (Fsp3) is 0.667. The van der Waals surface area contributed by atoms with Crippen LogP contribution in [-0.4, -0.2) is 95.6 Å². The lowest BCUT2D eigenvalue weighted by molar-refractivity contribution is -0.115. The van der Waals surface area contributed by atoms with Crippen molar-refractivity contribution in [2.45, 2.75) is 45.2 Å². The van der Waals surface area contributed by atoms with Crippen LogP contribution in [0.2, 0.25) is 0 Å². The van der Waals surface area contributed by atoms with E-state index in [1.807, 2.05) is 12.1 Å². The molecule has 7 N–H and O–H groups in total. The zero-order chi connectivity index (χ0) is 27.8. The van der Waals surface area contributed by atoms with Gasteiger partial charge in [-0.2, -0.15) is 0 Å². The molecule has 9 heteroatoms. The van der Waals surface area contributed by atoms with E-state index in [2.05, 4.69) is 56.3 Å². The molecule has 0 saturated carbocycles. The van der Waals surface area contributed by atoms with Crippen molar-refractivity contribution in [3.63, 3.8) is 0 Å². The van der Waals surface area contributed by atoms with E-state index >= 15 is 0 Å². The third kappa shape index (κ3) is 11.6. The van der Waals surface area contributed by atoms with Crippen LogP contribution >= 0.6 is 0 Å². The van der Waals surface area contributed by atoms with Crippen molar-refractivity contribution in [3.05, 3.63) is 47.5 Å². The molecule has 3 fully saturated rings. The van der Waals surface area contributed by atoms with Gasteiger partial charge in [-0.15, -0.1) is 0 Å². The molecule has 0 radical (unpaired) electrons. The Morgan fingerprint density at radius 3 is 1.67 bits per heavy atom. The van der Waals surface area contributed by atoms with Gasteiger partial charge in [-0.05, 0) is 36.6 Å². The highest BCUT2D eigenvalue weighted by Crippen LogP contribution is 2.22. The van der Waals surface area contributed by atoms with E-state index < -0.39 is 0 Å². The van der Waals surface area contributed by atoms with E-state index in [1.54, 1.807) is 0 Å². The van der Waals surface area contributed by atoms with Crippen LogP contribution in [0, 0.1) is 5.41 Å². The number of hydrogen-bond acceptors (Lipinski definition) is 9. The molecule has 0 unspecified atom stereocenters. The normalized spacial score (nSPS) is 26.2. The largest absolute Gasteiger partial charge is 0.315 e. The summed E-state index contributed by atoms with van der Waals surface area (Å²) in [5, 5.41) is 26.2. The summed E-state index contributed by atoms with van der Waals surface area (Å²) in [6.07, 6.45) is 5.39. The van der Waals surface area contributed by atoms with Crippen molar-refractivity contribution in [2.24, 2.45) is 5.41 Å². The molecule has 1 aromatic carbocycles. The van der Waals surface area contributed by atoms with Gasteiger partial charge in [0, 0.05) is 96.9 Å². The van der Waals surface area contributed by atoms with Crippen LogP contribution in [0.25, 0.3) is 0 Å². The maximum absolute atomic E-state index is 12.1. The molecule has 0 aromatic heterocycles. The van der Waals surface area contributed by atoms with Crippen LogP contribution in [0.15, 0.2) is 36.4 Å². The summed E-state index contributed by atoms with van der Waals surface area (Å²) < 4.78 is 0. The fourth-order valence-electron chi connectivity index (χ4n) is 5.47. The fourth-order valence-corrected chi connectivity index (χ4v) is 5.47. The monoisotopic (exact) mass is 541 g/mol. The van der Waals surface area contributed by atoms with Gasteiger partial charge in [-0.3, -0.25) is 9.59 Å². The summed E-state index contributed by atoms with van der Waals surface area (Å²) in [6.45, 7) is 15.7. The number of carbonyl (C=O) groups is 2. The molecule has 39 heavy (non-hydrogen) atoms. The van der Waals surface area contributed by atoms with Crippen LogP contribution in [0.4, 0.5) is 0 Å². The molecule has 0 aliphatic carbocycles. The Balaban J connectivity index is 1.65. The first-order valence-electron chi connectivity index (χ1n) is 14.7. The van der Waals surface area contributed by atoms with Gasteiger partial charge in [0.2, 0.25) is 0 Å². The average Bonchev–Trinajstić information content (AvgIpc) is 2.92. The number of hydrogen-bond donors (Lipinski definition) is 7. The molecule has 4 rings (SSSR count). The maximum atomic E-state index is 12.1. The Kier molecular flexibility index (Phi) is 13.7. The highest BCUT2D eigenvalue weighted by atomic mass is 16.1. The van der Waals surface area contributed by atoms with Gasteiger partial charge in [0.15, 0.2) is 11.6 Å². The molecule has 3 aliphatic rings. The molecular formula is C30H51N7O2. The lowest BCUT2D eigenvalue weighted by atomic mass is 9.82. The van der Waals surface area contributed by atoms with Gasteiger partial charge in [-0.25, -0.2) is 0 Å². The quantitative estimate of drug-likeness (QED) is 0.219. The van der Waals surface area contributed by atoms with Crippen LogP contribution in [0.5, 0.6) is 0 Å². The van der Waals surface area contributed by atoms with E-state index in [4.69, 9.17) is 0 Å². The number of carbonyl (C=O) groups excluding carboxylic acids is 2.